The van der Waals surface area contributed by atoms with Crippen LogP contribution in [0.3, 0.4) is 0 Å². The van der Waals surface area contributed by atoms with E-state index in [-0.39, 0.29) is 0 Å². The Bertz CT molecular complexity index is 429. The lowest BCUT2D eigenvalue weighted by Gasteiger charge is -2.33. The fourth-order valence-corrected chi connectivity index (χ4v) is 3.26. The topological polar surface area (TPSA) is 48.7 Å². The highest BCUT2D eigenvalue weighted by Crippen LogP contribution is 2.36. The highest BCUT2D eigenvalue weighted by Gasteiger charge is 2.26. The van der Waals surface area contributed by atoms with Gasteiger partial charge in [0.25, 0.3) is 0 Å². The van der Waals surface area contributed by atoms with E-state index < -0.39 is 0 Å². The third kappa shape index (κ3) is 3.11. The van der Waals surface area contributed by atoms with Gasteiger partial charge in [0.1, 0.15) is 10.9 Å². The van der Waals surface area contributed by atoms with Crippen molar-refractivity contribution in [2.24, 2.45) is 5.41 Å². The molecule has 0 radical (unpaired) electrons. The highest BCUT2D eigenvalue weighted by atomic mass is 35.5. The number of hydrogen-bond donors (Lipinski definition) is 1. The molecule has 1 aromatic heterocycles. The number of hydrogen-bond acceptors (Lipinski definition) is 4. The van der Waals surface area contributed by atoms with Gasteiger partial charge in [-0.05, 0) is 18.3 Å². The molecule has 1 aromatic rings. The Hall–Kier alpha value is -0.790. The maximum atomic E-state index is 8.81. The molecule has 0 amide bonds. The second-order valence-corrected chi connectivity index (χ2v) is 6.33. The number of rotatable bonds is 3. The summed E-state index contributed by atoms with van der Waals surface area (Å²) in [5.74, 6) is 0. The Kier molecular flexibility index (Phi) is 3.90. The molecule has 92 valence electrons. The van der Waals surface area contributed by atoms with Crippen LogP contribution in [0.5, 0.6) is 0 Å². The van der Waals surface area contributed by atoms with Crippen LogP contribution in [0.4, 0.5) is 5.13 Å². The van der Waals surface area contributed by atoms with Crippen molar-refractivity contribution in [1.82, 2.24) is 4.98 Å². The van der Waals surface area contributed by atoms with E-state index >= 15 is 0 Å². The van der Waals surface area contributed by atoms with Crippen molar-refractivity contribution in [1.29, 1.82) is 5.26 Å². The van der Waals surface area contributed by atoms with Crippen molar-refractivity contribution in [3.05, 3.63) is 10.0 Å². The van der Waals surface area contributed by atoms with Gasteiger partial charge in [0.05, 0.1) is 0 Å². The van der Waals surface area contributed by atoms with Gasteiger partial charge in [-0.25, -0.2) is 4.98 Å². The molecule has 0 aromatic carbocycles. The number of halogens is 1. The number of anilines is 1. The summed E-state index contributed by atoms with van der Waals surface area (Å²) >= 11 is 7.17. The summed E-state index contributed by atoms with van der Waals surface area (Å²) in [6.07, 6.45) is 6.53. The highest BCUT2D eigenvalue weighted by molar-refractivity contribution is 7.16. The van der Waals surface area contributed by atoms with Crippen molar-refractivity contribution in [3.63, 3.8) is 0 Å². The summed E-state index contributed by atoms with van der Waals surface area (Å²) < 4.78 is 0. The maximum absolute atomic E-state index is 8.81. The fraction of sp³-hybridized carbons (Fsp3) is 0.667. The van der Waals surface area contributed by atoms with E-state index in [1.54, 1.807) is 0 Å². The van der Waals surface area contributed by atoms with Crippen LogP contribution in [-0.2, 0) is 0 Å². The van der Waals surface area contributed by atoms with Crippen molar-refractivity contribution in [2.45, 2.75) is 39.0 Å². The Morgan fingerprint density at radius 3 is 2.76 bits per heavy atom. The maximum Gasteiger partial charge on any atom is 0.185 e. The number of aromatic nitrogens is 1. The van der Waals surface area contributed by atoms with E-state index in [1.165, 1.54) is 43.4 Å². The number of nitriles is 1. The van der Waals surface area contributed by atoms with Crippen LogP contribution in [-0.4, -0.2) is 11.5 Å². The second kappa shape index (κ2) is 5.24. The van der Waals surface area contributed by atoms with Crippen LogP contribution in [0.2, 0.25) is 5.15 Å². The van der Waals surface area contributed by atoms with E-state index in [2.05, 4.69) is 17.2 Å². The van der Waals surface area contributed by atoms with Gasteiger partial charge in [-0.3, -0.25) is 0 Å². The van der Waals surface area contributed by atoms with Gasteiger partial charge in [0.15, 0.2) is 10.3 Å². The molecule has 0 unspecified atom stereocenters. The third-order valence-corrected chi connectivity index (χ3v) is 4.72. The second-order valence-electron chi connectivity index (χ2n) is 4.98. The molecule has 1 heterocycles. The van der Waals surface area contributed by atoms with E-state index in [4.69, 9.17) is 16.9 Å². The zero-order chi connectivity index (χ0) is 12.3. The SMILES string of the molecule is CC1(CNc2nc(Cl)c(C#N)s2)CCCCC1. The van der Waals surface area contributed by atoms with Crippen LogP contribution in [0.15, 0.2) is 0 Å². The summed E-state index contributed by atoms with van der Waals surface area (Å²) in [4.78, 5) is 4.64. The van der Waals surface area contributed by atoms with Gasteiger partial charge in [0, 0.05) is 6.54 Å². The number of nitrogens with zero attached hydrogens (tertiary/aromatic N) is 2. The summed E-state index contributed by atoms with van der Waals surface area (Å²) in [6, 6.07) is 2.05. The molecule has 1 aliphatic rings. The van der Waals surface area contributed by atoms with Gasteiger partial charge in [-0.1, -0.05) is 49.1 Å². The molecule has 0 saturated heterocycles. The minimum absolute atomic E-state index is 0.314. The third-order valence-electron chi connectivity index (χ3n) is 3.41. The van der Waals surface area contributed by atoms with Gasteiger partial charge >= 0.3 is 0 Å². The molecule has 5 heteroatoms. The van der Waals surface area contributed by atoms with Crippen molar-refractivity contribution < 1.29 is 0 Å². The minimum Gasteiger partial charge on any atom is -0.361 e. The smallest absolute Gasteiger partial charge is 0.185 e. The molecular formula is C12H16ClN3S. The van der Waals surface area contributed by atoms with Crippen molar-refractivity contribution in [2.75, 3.05) is 11.9 Å². The zero-order valence-electron chi connectivity index (χ0n) is 9.92. The predicted octanol–water partition coefficient (Wildman–Crippen LogP) is 4.05. The van der Waals surface area contributed by atoms with Crippen molar-refractivity contribution >= 4 is 28.1 Å². The molecule has 1 aliphatic carbocycles. The molecule has 17 heavy (non-hydrogen) atoms. The molecule has 2 rings (SSSR count). The summed E-state index contributed by atoms with van der Waals surface area (Å²) in [5, 5.41) is 13.2. The Labute approximate surface area is 111 Å². The largest absolute Gasteiger partial charge is 0.361 e. The van der Waals surface area contributed by atoms with Crippen LogP contribution in [0.25, 0.3) is 0 Å². The lowest BCUT2D eigenvalue weighted by atomic mass is 9.76. The van der Waals surface area contributed by atoms with Gasteiger partial charge in [-0.2, -0.15) is 5.26 Å². The molecule has 0 bridgehead atoms. The summed E-state index contributed by atoms with van der Waals surface area (Å²) in [6.45, 7) is 3.24. The number of thiazole rings is 1. The quantitative estimate of drug-likeness (QED) is 0.901. The first-order valence-corrected chi connectivity index (χ1v) is 7.13. The Morgan fingerprint density at radius 1 is 1.47 bits per heavy atom. The van der Waals surface area contributed by atoms with Gasteiger partial charge in [-0.15, -0.1) is 0 Å². The first-order chi connectivity index (χ1) is 8.13. The van der Waals surface area contributed by atoms with Crippen molar-refractivity contribution in [3.8, 4) is 6.07 Å². The minimum atomic E-state index is 0.314. The molecule has 0 spiro atoms. The molecule has 1 fully saturated rings. The summed E-state index contributed by atoms with van der Waals surface area (Å²) in [5.41, 5.74) is 0.364. The van der Waals surface area contributed by atoms with E-state index in [9.17, 15) is 0 Å². The average molecular weight is 270 g/mol. The molecular weight excluding hydrogens is 254 g/mol. The molecule has 0 aliphatic heterocycles. The summed E-state index contributed by atoms with van der Waals surface area (Å²) in [7, 11) is 0. The zero-order valence-corrected chi connectivity index (χ0v) is 11.5. The average Bonchev–Trinajstić information content (AvgIpc) is 2.68. The van der Waals surface area contributed by atoms with Crippen LogP contribution in [0, 0.1) is 16.7 Å². The molecule has 3 nitrogen and oxygen atoms in total. The fourth-order valence-electron chi connectivity index (χ4n) is 2.32. The lowest BCUT2D eigenvalue weighted by molar-refractivity contribution is 0.233. The van der Waals surface area contributed by atoms with Gasteiger partial charge in [0.2, 0.25) is 0 Å². The van der Waals surface area contributed by atoms with Gasteiger partial charge < -0.3 is 5.32 Å². The van der Waals surface area contributed by atoms with E-state index in [0.717, 1.165) is 11.7 Å². The molecule has 1 saturated carbocycles. The Balaban J connectivity index is 1.95. The molecule has 0 atom stereocenters. The Morgan fingerprint density at radius 2 is 2.18 bits per heavy atom. The predicted molar refractivity (Wildman–Crippen MR) is 71.5 cm³/mol. The van der Waals surface area contributed by atoms with E-state index in [1.807, 2.05) is 6.07 Å². The first-order valence-electron chi connectivity index (χ1n) is 5.93. The normalized spacial score (nSPS) is 18.6. The van der Waals surface area contributed by atoms with Crippen LogP contribution < -0.4 is 5.32 Å². The van der Waals surface area contributed by atoms with E-state index in [0.29, 0.717) is 15.4 Å². The standard InChI is InChI=1S/C12H16ClN3S/c1-12(5-3-2-4-6-12)8-15-11-16-10(13)9(7-14)17-11/h2-6,8H2,1H3,(H,15,16). The molecule has 1 N–H and O–H groups in total. The van der Waals surface area contributed by atoms with Crippen LogP contribution in [0.1, 0.15) is 43.9 Å². The lowest BCUT2D eigenvalue weighted by Crippen LogP contribution is -2.28. The number of nitrogens with one attached hydrogen (secondary N) is 1. The monoisotopic (exact) mass is 269 g/mol. The first kappa shape index (κ1) is 12.7. The van der Waals surface area contributed by atoms with Crippen LogP contribution >= 0.6 is 22.9 Å².